The largest absolute Gasteiger partial charge is 0.478 e. The Kier molecular flexibility index (Phi) is 16.3. The molecule has 0 heterocycles. The van der Waals surface area contributed by atoms with E-state index < -0.39 is 11.9 Å². The minimum absolute atomic E-state index is 0.0463. The average molecular weight is 475 g/mol. The number of carbonyl (C=O) groups is 2. The van der Waals surface area contributed by atoms with Gasteiger partial charge in [0.1, 0.15) is 0 Å². The van der Waals surface area contributed by atoms with E-state index in [4.69, 9.17) is 15.3 Å². The van der Waals surface area contributed by atoms with Crippen LogP contribution in [0.25, 0.3) is 0 Å². The number of benzene rings is 2. The quantitative estimate of drug-likeness (QED) is 0.344. The molecule has 190 valence electrons. The number of hydrogen-bond acceptors (Lipinski definition) is 4. The lowest BCUT2D eigenvalue weighted by atomic mass is 9.93. The van der Waals surface area contributed by atoms with Gasteiger partial charge in [0.25, 0.3) is 0 Å². The Labute approximate surface area is 204 Å². The fraction of sp³-hybridized carbons (Fsp3) is 0.500. The normalized spacial score (nSPS) is 12.8. The van der Waals surface area contributed by atoms with E-state index in [1.54, 1.807) is 31.2 Å². The standard InChI is InChI=1S/2C10H12O2.C8H18O2/c2*1-2-3-8-4-6-9(7-5-8)10(11)12;1-4-7(6(3)9)8(10)5-2/h2*4-7H,2-3H2,1H3,(H,11,12);6-10H,4-5H2,1-3H3. The van der Waals surface area contributed by atoms with Crippen LogP contribution in [0.4, 0.5) is 0 Å². The van der Waals surface area contributed by atoms with Crippen molar-refractivity contribution in [2.24, 2.45) is 5.92 Å². The second-order valence-corrected chi connectivity index (χ2v) is 8.29. The summed E-state index contributed by atoms with van der Waals surface area (Å²) >= 11 is 0. The molecular formula is C28H42O6. The molecule has 0 aliphatic carbocycles. The predicted molar refractivity (Wildman–Crippen MR) is 137 cm³/mol. The van der Waals surface area contributed by atoms with Crippen LogP contribution in [-0.4, -0.2) is 44.6 Å². The summed E-state index contributed by atoms with van der Waals surface area (Å²) in [6, 6.07) is 14.1. The van der Waals surface area contributed by atoms with Crippen molar-refractivity contribution in [3.8, 4) is 0 Å². The fourth-order valence-electron chi connectivity index (χ4n) is 3.44. The predicted octanol–water partition coefficient (Wildman–Crippen LogP) is 5.84. The van der Waals surface area contributed by atoms with Crippen LogP contribution in [-0.2, 0) is 12.8 Å². The first-order valence-corrected chi connectivity index (χ1v) is 12.1. The first kappa shape index (κ1) is 31.3. The highest BCUT2D eigenvalue weighted by Crippen LogP contribution is 2.15. The first-order valence-electron chi connectivity index (χ1n) is 12.1. The Morgan fingerprint density at radius 3 is 1.21 bits per heavy atom. The molecule has 0 amide bonds. The summed E-state index contributed by atoms with van der Waals surface area (Å²) < 4.78 is 0. The molecule has 0 bridgehead atoms. The van der Waals surface area contributed by atoms with Gasteiger partial charge >= 0.3 is 11.9 Å². The molecule has 3 atom stereocenters. The van der Waals surface area contributed by atoms with Crippen LogP contribution in [0, 0.1) is 5.92 Å². The number of aromatic carboxylic acids is 2. The second kappa shape index (κ2) is 17.7. The molecule has 0 spiro atoms. The lowest BCUT2D eigenvalue weighted by Gasteiger charge is -2.22. The zero-order valence-electron chi connectivity index (χ0n) is 21.2. The van der Waals surface area contributed by atoms with Crippen molar-refractivity contribution in [1.29, 1.82) is 0 Å². The van der Waals surface area contributed by atoms with Crippen molar-refractivity contribution in [3.63, 3.8) is 0 Å². The first-order chi connectivity index (χ1) is 16.1. The Bertz CT molecular complexity index is 752. The van der Waals surface area contributed by atoms with Crippen LogP contribution in [0.2, 0.25) is 0 Å². The molecule has 0 radical (unpaired) electrons. The molecule has 34 heavy (non-hydrogen) atoms. The van der Waals surface area contributed by atoms with E-state index in [2.05, 4.69) is 13.8 Å². The molecule has 0 fully saturated rings. The van der Waals surface area contributed by atoms with Gasteiger partial charge in [-0.2, -0.15) is 0 Å². The minimum Gasteiger partial charge on any atom is -0.478 e. The molecule has 0 aliphatic rings. The van der Waals surface area contributed by atoms with Crippen molar-refractivity contribution in [2.75, 3.05) is 0 Å². The van der Waals surface area contributed by atoms with Gasteiger partial charge in [-0.25, -0.2) is 9.59 Å². The van der Waals surface area contributed by atoms with E-state index in [-0.39, 0.29) is 18.1 Å². The molecule has 3 unspecified atom stereocenters. The summed E-state index contributed by atoms with van der Waals surface area (Å²) in [5, 5.41) is 35.7. The summed E-state index contributed by atoms with van der Waals surface area (Å²) in [6.45, 7) is 9.84. The van der Waals surface area contributed by atoms with E-state index >= 15 is 0 Å². The van der Waals surface area contributed by atoms with Crippen molar-refractivity contribution >= 4 is 11.9 Å². The minimum atomic E-state index is -0.863. The van der Waals surface area contributed by atoms with E-state index in [1.807, 2.05) is 38.1 Å². The van der Waals surface area contributed by atoms with Gasteiger partial charge in [0.15, 0.2) is 0 Å². The maximum absolute atomic E-state index is 10.5. The SMILES string of the molecule is CCC(O)C(CC)C(C)O.CCCc1ccc(C(=O)O)cc1.CCCc1ccc(C(=O)O)cc1. The number of carboxylic acid groups (broad SMARTS) is 2. The Hall–Kier alpha value is -2.70. The topological polar surface area (TPSA) is 115 Å². The van der Waals surface area contributed by atoms with Gasteiger partial charge < -0.3 is 20.4 Å². The maximum Gasteiger partial charge on any atom is 0.335 e. The van der Waals surface area contributed by atoms with Crippen molar-refractivity contribution < 1.29 is 30.0 Å². The van der Waals surface area contributed by atoms with Crippen molar-refractivity contribution in [3.05, 3.63) is 70.8 Å². The third-order valence-corrected chi connectivity index (χ3v) is 5.48. The number of rotatable bonds is 10. The molecule has 0 saturated carbocycles. The number of aliphatic hydroxyl groups excluding tert-OH is 2. The van der Waals surface area contributed by atoms with Gasteiger partial charge in [-0.1, -0.05) is 64.8 Å². The number of aliphatic hydroxyl groups is 2. The maximum atomic E-state index is 10.5. The highest BCUT2D eigenvalue weighted by Gasteiger charge is 2.19. The molecule has 0 saturated heterocycles. The summed E-state index contributed by atoms with van der Waals surface area (Å²) in [5.74, 6) is -1.68. The third kappa shape index (κ3) is 12.5. The van der Waals surface area contributed by atoms with Crippen molar-refractivity contribution in [1.82, 2.24) is 0 Å². The number of hydrogen-bond donors (Lipinski definition) is 4. The van der Waals surface area contributed by atoms with Crippen LogP contribution in [0.1, 0.15) is 92.1 Å². The molecule has 2 aromatic carbocycles. The molecule has 6 heteroatoms. The van der Waals surface area contributed by atoms with Gasteiger partial charge in [-0.3, -0.25) is 0 Å². The lowest BCUT2D eigenvalue weighted by molar-refractivity contribution is 0.0180. The average Bonchev–Trinajstić information content (AvgIpc) is 2.81. The summed E-state index contributed by atoms with van der Waals surface area (Å²) in [5.41, 5.74) is 3.11. The van der Waals surface area contributed by atoms with Crippen LogP contribution in [0.3, 0.4) is 0 Å². The number of aryl methyl sites for hydroxylation is 2. The highest BCUT2D eigenvalue weighted by molar-refractivity contribution is 5.87. The Balaban J connectivity index is 0.000000484. The molecule has 0 aliphatic heterocycles. The monoisotopic (exact) mass is 474 g/mol. The van der Waals surface area contributed by atoms with Crippen LogP contribution >= 0.6 is 0 Å². The van der Waals surface area contributed by atoms with Crippen LogP contribution in [0.5, 0.6) is 0 Å². The molecule has 2 aromatic rings. The van der Waals surface area contributed by atoms with Crippen LogP contribution < -0.4 is 0 Å². The highest BCUT2D eigenvalue weighted by atomic mass is 16.4. The lowest BCUT2D eigenvalue weighted by Crippen LogP contribution is -2.28. The van der Waals surface area contributed by atoms with Gasteiger partial charge in [0.05, 0.1) is 23.3 Å². The summed E-state index contributed by atoms with van der Waals surface area (Å²) in [6.07, 6.45) is 5.04. The zero-order valence-corrected chi connectivity index (χ0v) is 21.2. The molecule has 6 nitrogen and oxygen atoms in total. The van der Waals surface area contributed by atoms with E-state index in [0.29, 0.717) is 11.1 Å². The fourth-order valence-corrected chi connectivity index (χ4v) is 3.44. The molecule has 2 rings (SSSR count). The Morgan fingerprint density at radius 2 is 1.03 bits per heavy atom. The molecule has 0 aromatic heterocycles. The second-order valence-electron chi connectivity index (χ2n) is 8.29. The van der Waals surface area contributed by atoms with E-state index in [1.165, 1.54) is 11.1 Å². The molecule has 4 N–H and O–H groups in total. The van der Waals surface area contributed by atoms with Gasteiger partial charge in [-0.15, -0.1) is 0 Å². The zero-order chi connectivity index (χ0) is 26.1. The number of carboxylic acids is 2. The van der Waals surface area contributed by atoms with Gasteiger partial charge in [-0.05, 0) is 68.0 Å². The van der Waals surface area contributed by atoms with Crippen molar-refractivity contribution in [2.45, 2.75) is 85.4 Å². The van der Waals surface area contributed by atoms with E-state index in [0.717, 1.165) is 38.5 Å². The summed E-state index contributed by atoms with van der Waals surface area (Å²) in [7, 11) is 0. The van der Waals surface area contributed by atoms with Gasteiger partial charge in [0, 0.05) is 5.92 Å². The smallest absolute Gasteiger partial charge is 0.335 e. The van der Waals surface area contributed by atoms with Crippen LogP contribution in [0.15, 0.2) is 48.5 Å². The summed E-state index contributed by atoms with van der Waals surface area (Å²) in [4.78, 5) is 20.9. The van der Waals surface area contributed by atoms with Gasteiger partial charge in [0.2, 0.25) is 0 Å². The Morgan fingerprint density at radius 1 is 0.676 bits per heavy atom. The van der Waals surface area contributed by atoms with E-state index in [9.17, 15) is 14.7 Å². The molecular weight excluding hydrogens is 432 g/mol. The third-order valence-electron chi connectivity index (χ3n) is 5.48.